The van der Waals surface area contributed by atoms with Gasteiger partial charge in [-0.1, -0.05) is 170 Å². The Morgan fingerprint density at radius 1 is 0.333 bits per heavy atom. The van der Waals surface area contributed by atoms with Crippen LogP contribution in [-0.4, -0.2) is 208 Å². The second-order valence-electron chi connectivity index (χ2n) is 25.4. The molecular weight excluding hydrogens is 1650 g/mol. The lowest BCUT2D eigenvalue weighted by Crippen LogP contribution is -2.29. The molecule has 24 nitrogen and oxygen atoms in total. The maximum atomic E-state index is 5.55. The van der Waals surface area contributed by atoms with Crippen molar-refractivity contribution in [1.29, 1.82) is 0 Å². The fraction of sp³-hybridized carbons (Fsp3) is 0.140. The molecule has 0 saturated heterocycles. The number of rotatable bonds is 28. The quantitative estimate of drug-likeness (QED) is 0.0153. The van der Waals surface area contributed by atoms with Gasteiger partial charge < -0.3 is 26.6 Å². The Kier molecular flexibility index (Phi) is 42.3. The zero-order valence-electron chi connectivity index (χ0n) is 68.5. The Hall–Kier alpha value is -13.9. The van der Waals surface area contributed by atoms with Gasteiger partial charge in [0.2, 0.25) is 0 Å². The van der Waals surface area contributed by atoms with E-state index < -0.39 is 0 Å². The van der Waals surface area contributed by atoms with Gasteiger partial charge in [0.05, 0.1) is 121 Å². The van der Waals surface area contributed by atoms with Crippen molar-refractivity contribution < 1.29 is 0 Å². The molecular formula is C93H92N24S6. The zero-order valence-corrected chi connectivity index (χ0v) is 73.4. The molecule has 0 bridgehead atoms. The molecule has 0 unspecified atom stereocenters. The summed E-state index contributed by atoms with van der Waals surface area (Å²) in [6, 6.07) is 78.7. The molecule has 0 atom stereocenters. The summed E-state index contributed by atoms with van der Waals surface area (Å²) in [5.41, 5.74) is 20.5. The monoisotopic (exact) mass is 1740 g/mol. The molecule has 0 spiro atoms. The molecule has 1 aromatic carbocycles. The fourth-order valence-corrected chi connectivity index (χ4v) is 11.1. The summed E-state index contributed by atoms with van der Waals surface area (Å²) in [6.45, 7) is 9.28. The summed E-state index contributed by atoms with van der Waals surface area (Å²) in [6.07, 6.45) is 23.4. The molecule has 13 aromatic rings. The molecule has 620 valence electrons. The second-order valence-corrected chi connectivity index (χ2v) is 28.4. The van der Waals surface area contributed by atoms with Gasteiger partial charge in [-0.3, -0.25) is 84.8 Å². The molecule has 123 heavy (non-hydrogen) atoms. The number of hydrazone groups is 1. The van der Waals surface area contributed by atoms with Crippen molar-refractivity contribution in [2.75, 3.05) is 74.0 Å². The van der Waals surface area contributed by atoms with Crippen LogP contribution in [0.5, 0.6) is 0 Å². The van der Waals surface area contributed by atoms with Crippen molar-refractivity contribution in [3.05, 3.63) is 410 Å². The van der Waals surface area contributed by atoms with Gasteiger partial charge in [0.15, 0.2) is 5.11 Å². The van der Waals surface area contributed by atoms with Crippen molar-refractivity contribution >= 4 is 138 Å². The normalized spacial score (nSPS) is 9.86. The van der Waals surface area contributed by atoms with Crippen molar-refractivity contribution in [2.24, 2.45) is 35.8 Å². The van der Waals surface area contributed by atoms with Crippen molar-refractivity contribution in [3.8, 4) is 0 Å². The Bertz CT molecular complexity index is 5300. The third kappa shape index (κ3) is 34.4. The van der Waals surface area contributed by atoms with Crippen molar-refractivity contribution in [1.82, 2.24) is 85.7 Å². The summed E-state index contributed by atoms with van der Waals surface area (Å²) >= 11 is 31.2. The largest absolute Gasteiger partial charge is 0.381 e. The third-order valence-corrected chi connectivity index (χ3v) is 18.1. The molecule has 13 rings (SSSR count). The van der Waals surface area contributed by atoms with E-state index in [1.807, 2.05) is 263 Å². The van der Waals surface area contributed by atoms with Gasteiger partial charge in [-0.25, -0.2) is 5.01 Å². The van der Waals surface area contributed by atoms with Crippen LogP contribution >= 0.6 is 73.3 Å². The lowest BCUT2D eigenvalue weighted by molar-refractivity contribution is 0.549. The van der Waals surface area contributed by atoms with Crippen LogP contribution in [0, 0.1) is 0 Å². The molecule has 5 N–H and O–H groups in total. The molecule has 30 heteroatoms. The number of thiocarbonyl (C=S) groups is 6. The van der Waals surface area contributed by atoms with Crippen LogP contribution in [0.2, 0.25) is 0 Å². The van der Waals surface area contributed by atoms with Crippen LogP contribution in [0.15, 0.2) is 366 Å². The molecule has 0 fully saturated rings. The van der Waals surface area contributed by atoms with E-state index in [4.69, 9.17) is 84.0 Å². The van der Waals surface area contributed by atoms with Gasteiger partial charge in [0.1, 0.15) is 34.3 Å². The number of hydrogen-bond donors (Lipinski definition) is 4. The molecule has 0 radical (unpaired) electrons. The zero-order chi connectivity index (χ0) is 87.3. The smallest absolute Gasteiger partial charge is 0.186 e. The molecule has 0 aliphatic heterocycles. The average Bonchev–Trinajstić information content (AvgIpc) is 0.863. The SMILES string of the molecule is C=CCNC(=S)CN=C(c1ccccn1)c1ccccn1.CCNC(=S)CN=C(c1ccccn1)c1ccccn1.CN(C)C(=S)CN=C(c1ccccn1)c1ccccn1.CN(N=C(c1ccccn1)c1ccccn1)C(N)=S.CNC(=S)CN=C(c1ccccn1)c1ccccn1.S=C(CN=C(c1ccccn1)c1ccccn1)Cc1ccccc1. The Labute approximate surface area is 750 Å². The molecule has 12 aromatic heterocycles. The minimum Gasteiger partial charge on any atom is -0.381 e. The molecule has 0 aliphatic rings. The Balaban J connectivity index is 0.000000184. The first-order chi connectivity index (χ1) is 60.1. The lowest BCUT2D eigenvalue weighted by Gasteiger charge is -2.13. The van der Waals surface area contributed by atoms with Crippen LogP contribution in [0.4, 0.5) is 0 Å². The number of hydrogen-bond acceptors (Lipinski definition) is 24. The predicted octanol–water partition coefficient (Wildman–Crippen LogP) is 14.1. The predicted molar refractivity (Wildman–Crippen MR) is 521 cm³/mol. The van der Waals surface area contributed by atoms with Crippen molar-refractivity contribution in [2.45, 2.75) is 13.3 Å². The lowest BCUT2D eigenvalue weighted by atomic mass is 10.1. The highest BCUT2D eigenvalue weighted by Crippen LogP contribution is 2.14. The topological polar surface area (TPSA) is 297 Å². The van der Waals surface area contributed by atoms with Crippen LogP contribution in [0.1, 0.15) is 80.8 Å². The first-order valence-electron chi connectivity index (χ1n) is 38.5. The van der Waals surface area contributed by atoms with Gasteiger partial charge in [0, 0.05) is 127 Å². The van der Waals surface area contributed by atoms with E-state index in [2.05, 4.69) is 120 Å². The van der Waals surface area contributed by atoms with Gasteiger partial charge in [0.25, 0.3) is 0 Å². The first kappa shape index (κ1) is 94.6. The number of pyridine rings is 12. The number of nitrogens with one attached hydrogen (secondary N) is 3. The Morgan fingerprint density at radius 3 is 0.813 bits per heavy atom. The molecule has 12 heterocycles. The third-order valence-electron chi connectivity index (χ3n) is 16.2. The maximum Gasteiger partial charge on any atom is 0.186 e. The van der Waals surface area contributed by atoms with E-state index in [1.165, 1.54) is 10.6 Å². The van der Waals surface area contributed by atoms with E-state index >= 15 is 0 Å². The van der Waals surface area contributed by atoms with Crippen molar-refractivity contribution in [3.63, 3.8) is 0 Å². The van der Waals surface area contributed by atoms with Gasteiger partial charge in [-0.15, -0.1) is 6.58 Å². The average molecular weight is 1740 g/mol. The molecule has 0 amide bonds. The number of likely N-dealkylation sites (N-methyl/N-ethyl adjacent to an activating group) is 3. The highest BCUT2D eigenvalue weighted by Gasteiger charge is 2.17. The minimum atomic E-state index is 0.185. The number of benzene rings is 1. The summed E-state index contributed by atoms with van der Waals surface area (Å²) in [4.78, 5) is 80.7. The van der Waals surface area contributed by atoms with Crippen LogP contribution < -0.4 is 21.7 Å². The van der Waals surface area contributed by atoms with E-state index in [-0.39, 0.29) is 5.11 Å². The molecule has 0 aliphatic carbocycles. The number of nitrogens with two attached hydrogens (primary N) is 1. The number of nitrogens with zero attached hydrogens (tertiary/aromatic N) is 20. The highest BCUT2D eigenvalue weighted by molar-refractivity contribution is 7.81. The first-order valence-corrected chi connectivity index (χ1v) is 41.0. The summed E-state index contributed by atoms with van der Waals surface area (Å²) in [7, 11) is 7.31. The number of aromatic nitrogens is 12. The highest BCUT2D eigenvalue weighted by atomic mass is 32.1. The standard InChI is InChI=1S/C20H17N3S.C16H16N4S.2C15H16N4S.C14H14N4S.C13H13N5S/c24-17(14-16-8-2-1-3-9-16)15-23-20(18-10-4-6-12-21-18)19-11-5-7-13-22-19;1-2-9-19-15(21)12-20-16(13-7-3-5-10-17-13)14-8-4-6-11-18-14;1-19(2)14(20)11-18-15(12-7-3-5-9-16-12)13-8-4-6-10-17-13;1-2-16-14(20)11-19-15(12-7-3-5-9-17-12)13-8-4-6-10-18-13;1-15-13(19)10-18-14(11-6-2-4-8-16-11)12-7-3-5-9-17-12;1-18(13(14)19)17-12(10-6-2-4-8-15-10)11-7-3-5-9-16-11/h1-13H,14-15H2;2-8,10-11H,1,9,12H2,(H,19,21);3-10H,11H2,1-2H3;3-10H,2,11H2,1H3,(H,16,20);2-9H,10H2,1H3,(H,15,19);2-9H,1H3,(H2,14,19). The van der Waals surface area contributed by atoms with Crippen LogP contribution in [0.3, 0.4) is 0 Å². The molecule has 0 saturated carbocycles. The van der Waals surface area contributed by atoms with Gasteiger partial charge in [-0.05, 0) is 170 Å². The fourth-order valence-electron chi connectivity index (χ4n) is 10.3. The van der Waals surface area contributed by atoms with Gasteiger partial charge >= 0.3 is 0 Å². The van der Waals surface area contributed by atoms with E-state index in [9.17, 15) is 0 Å². The summed E-state index contributed by atoms with van der Waals surface area (Å²) in [5.74, 6) is 0. The van der Waals surface area contributed by atoms with Crippen LogP contribution in [-0.2, 0) is 6.42 Å². The number of aliphatic imine (C=N–C) groups is 5. The Morgan fingerprint density at radius 2 is 0.577 bits per heavy atom. The van der Waals surface area contributed by atoms with Gasteiger partial charge in [-0.2, -0.15) is 5.10 Å². The minimum absolute atomic E-state index is 0.185. The van der Waals surface area contributed by atoms with E-state index in [0.717, 1.165) is 113 Å². The van der Waals surface area contributed by atoms with Crippen LogP contribution in [0.25, 0.3) is 0 Å². The second kappa shape index (κ2) is 55.1. The summed E-state index contributed by atoms with van der Waals surface area (Å²) < 4.78 is 0. The van der Waals surface area contributed by atoms with E-state index in [0.29, 0.717) is 66.3 Å². The maximum absolute atomic E-state index is 5.55. The van der Waals surface area contributed by atoms with E-state index in [1.54, 1.807) is 94.5 Å². The summed E-state index contributed by atoms with van der Waals surface area (Å²) in [5, 5.41) is 15.0.